The number of rotatable bonds is 7. The van der Waals surface area contributed by atoms with E-state index in [1.807, 2.05) is 26.0 Å². The SMILES string of the molecule is Cc1nc(-c2onc(C)c2CNc2ncnc(C3CCCC3)n2)ccc1OC1CCCCC1. The van der Waals surface area contributed by atoms with E-state index in [1.165, 1.54) is 32.1 Å². The zero-order valence-corrected chi connectivity index (χ0v) is 19.5. The molecule has 0 unspecified atom stereocenters. The Morgan fingerprint density at radius 1 is 0.939 bits per heavy atom. The molecule has 0 atom stereocenters. The Labute approximate surface area is 194 Å². The molecular formula is C25H32N6O2. The second-order valence-electron chi connectivity index (χ2n) is 9.24. The number of hydrogen-bond donors (Lipinski definition) is 1. The molecule has 0 saturated heterocycles. The summed E-state index contributed by atoms with van der Waals surface area (Å²) >= 11 is 0. The van der Waals surface area contributed by atoms with Gasteiger partial charge in [-0.2, -0.15) is 4.98 Å². The van der Waals surface area contributed by atoms with Crippen LogP contribution in [0.15, 0.2) is 23.0 Å². The molecule has 174 valence electrons. The van der Waals surface area contributed by atoms with E-state index in [4.69, 9.17) is 14.2 Å². The molecule has 2 saturated carbocycles. The number of nitrogens with zero attached hydrogens (tertiary/aromatic N) is 5. The minimum absolute atomic E-state index is 0.298. The van der Waals surface area contributed by atoms with Crippen molar-refractivity contribution in [3.05, 3.63) is 41.2 Å². The fraction of sp³-hybridized carbons (Fsp3) is 0.560. The first-order valence-corrected chi connectivity index (χ1v) is 12.2. The molecule has 2 aliphatic rings. The lowest BCUT2D eigenvalue weighted by Crippen LogP contribution is -2.20. The molecule has 0 amide bonds. The predicted octanol–water partition coefficient (Wildman–Crippen LogP) is 5.52. The van der Waals surface area contributed by atoms with Crippen LogP contribution in [0.2, 0.25) is 0 Å². The van der Waals surface area contributed by atoms with E-state index in [9.17, 15) is 0 Å². The molecule has 2 fully saturated rings. The summed E-state index contributed by atoms with van der Waals surface area (Å²) in [6.45, 7) is 4.42. The Morgan fingerprint density at radius 3 is 2.52 bits per heavy atom. The quantitative estimate of drug-likeness (QED) is 0.504. The Morgan fingerprint density at radius 2 is 1.73 bits per heavy atom. The normalized spacial score (nSPS) is 17.4. The van der Waals surface area contributed by atoms with Gasteiger partial charge in [0.2, 0.25) is 5.95 Å². The number of anilines is 1. The van der Waals surface area contributed by atoms with Crippen LogP contribution in [0.4, 0.5) is 5.95 Å². The van der Waals surface area contributed by atoms with Gasteiger partial charge in [-0.25, -0.2) is 15.0 Å². The molecule has 0 spiro atoms. The van der Waals surface area contributed by atoms with E-state index in [2.05, 4.69) is 25.4 Å². The van der Waals surface area contributed by atoms with Crippen molar-refractivity contribution in [3.8, 4) is 17.2 Å². The molecule has 0 bridgehead atoms. The maximum Gasteiger partial charge on any atom is 0.226 e. The van der Waals surface area contributed by atoms with Gasteiger partial charge in [0.1, 0.15) is 23.6 Å². The lowest BCUT2D eigenvalue weighted by Gasteiger charge is -2.23. The second-order valence-corrected chi connectivity index (χ2v) is 9.24. The van der Waals surface area contributed by atoms with Gasteiger partial charge < -0.3 is 14.6 Å². The maximum atomic E-state index is 6.23. The number of aromatic nitrogens is 5. The third-order valence-corrected chi connectivity index (χ3v) is 6.83. The maximum absolute atomic E-state index is 6.23. The summed E-state index contributed by atoms with van der Waals surface area (Å²) in [6.07, 6.45) is 12.7. The van der Waals surface area contributed by atoms with E-state index < -0.39 is 0 Å². The Bertz CT molecular complexity index is 1090. The van der Waals surface area contributed by atoms with Crippen LogP contribution < -0.4 is 10.1 Å². The lowest BCUT2D eigenvalue weighted by molar-refractivity contribution is 0.153. The summed E-state index contributed by atoms with van der Waals surface area (Å²) < 4.78 is 11.9. The Balaban J connectivity index is 1.30. The van der Waals surface area contributed by atoms with Crippen molar-refractivity contribution in [1.82, 2.24) is 25.1 Å². The van der Waals surface area contributed by atoms with Crippen LogP contribution in [0.3, 0.4) is 0 Å². The molecule has 8 nitrogen and oxygen atoms in total. The van der Waals surface area contributed by atoms with Gasteiger partial charge in [0.05, 0.1) is 17.5 Å². The van der Waals surface area contributed by atoms with E-state index in [1.54, 1.807) is 6.33 Å². The lowest BCUT2D eigenvalue weighted by atomic mass is 9.98. The number of pyridine rings is 1. The van der Waals surface area contributed by atoms with Crippen molar-refractivity contribution >= 4 is 5.95 Å². The summed E-state index contributed by atoms with van der Waals surface area (Å²) in [5.74, 6) is 3.43. The first-order chi connectivity index (χ1) is 16.2. The highest BCUT2D eigenvalue weighted by Crippen LogP contribution is 2.33. The van der Waals surface area contributed by atoms with Crippen molar-refractivity contribution in [3.63, 3.8) is 0 Å². The minimum Gasteiger partial charge on any atom is -0.489 e. The van der Waals surface area contributed by atoms with E-state index in [0.717, 1.165) is 59.9 Å². The standard InChI is InChI=1S/C25H32N6O2/c1-16-20(14-26-25-28-15-27-24(30-25)18-8-6-7-9-18)23(33-31-16)21-12-13-22(17(2)29-21)32-19-10-4-3-5-11-19/h12-13,15,18-19H,3-11,14H2,1-2H3,(H,26,27,28,30). The minimum atomic E-state index is 0.298. The molecule has 0 aromatic carbocycles. The first kappa shape index (κ1) is 21.8. The molecule has 3 aromatic rings. The van der Waals surface area contributed by atoms with Crippen LogP contribution in [-0.4, -0.2) is 31.2 Å². The van der Waals surface area contributed by atoms with Gasteiger partial charge >= 0.3 is 0 Å². The number of aryl methyl sites for hydroxylation is 2. The van der Waals surface area contributed by atoms with E-state index in [-0.39, 0.29) is 0 Å². The summed E-state index contributed by atoms with van der Waals surface area (Å²) in [6, 6.07) is 3.96. The zero-order chi connectivity index (χ0) is 22.6. The van der Waals surface area contributed by atoms with Crippen molar-refractivity contribution < 1.29 is 9.26 Å². The summed E-state index contributed by atoms with van der Waals surface area (Å²) in [5.41, 5.74) is 3.39. The number of ether oxygens (including phenoxy) is 1. The highest BCUT2D eigenvalue weighted by Gasteiger charge is 2.22. The molecule has 33 heavy (non-hydrogen) atoms. The molecule has 1 N–H and O–H groups in total. The van der Waals surface area contributed by atoms with Crippen LogP contribution in [-0.2, 0) is 6.54 Å². The summed E-state index contributed by atoms with van der Waals surface area (Å²) in [7, 11) is 0. The molecule has 0 radical (unpaired) electrons. The van der Waals surface area contributed by atoms with Crippen LogP contribution in [0.25, 0.3) is 11.5 Å². The molecule has 2 aliphatic carbocycles. The van der Waals surface area contributed by atoms with Gasteiger partial charge in [0, 0.05) is 18.0 Å². The molecule has 5 rings (SSSR count). The van der Waals surface area contributed by atoms with Crippen molar-refractivity contribution in [2.24, 2.45) is 0 Å². The monoisotopic (exact) mass is 448 g/mol. The number of nitrogens with one attached hydrogen (secondary N) is 1. The molecule has 3 heterocycles. The molecule has 8 heteroatoms. The third-order valence-electron chi connectivity index (χ3n) is 6.83. The Kier molecular flexibility index (Phi) is 6.51. The molecular weight excluding hydrogens is 416 g/mol. The smallest absolute Gasteiger partial charge is 0.226 e. The van der Waals surface area contributed by atoms with Gasteiger partial charge in [-0.05, 0) is 64.5 Å². The van der Waals surface area contributed by atoms with Crippen molar-refractivity contribution in [2.45, 2.75) is 90.2 Å². The fourth-order valence-electron chi connectivity index (χ4n) is 4.90. The average Bonchev–Trinajstić information content (AvgIpc) is 3.50. The molecule has 3 aromatic heterocycles. The van der Waals surface area contributed by atoms with Crippen LogP contribution in [0, 0.1) is 13.8 Å². The largest absolute Gasteiger partial charge is 0.489 e. The van der Waals surface area contributed by atoms with Crippen molar-refractivity contribution in [2.75, 3.05) is 5.32 Å². The zero-order valence-electron chi connectivity index (χ0n) is 19.5. The van der Waals surface area contributed by atoms with Crippen LogP contribution >= 0.6 is 0 Å². The predicted molar refractivity (Wildman–Crippen MR) is 125 cm³/mol. The van der Waals surface area contributed by atoms with E-state index in [0.29, 0.717) is 30.3 Å². The first-order valence-electron chi connectivity index (χ1n) is 12.2. The summed E-state index contributed by atoms with van der Waals surface area (Å²) in [4.78, 5) is 18.1. The topological polar surface area (TPSA) is 98.9 Å². The second kappa shape index (κ2) is 9.85. The van der Waals surface area contributed by atoms with Gasteiger partial charge in [0.15, 0.2) is 5.76 Å². The van der Waals surface area contributed by atoms with Gasteiger partial charge in [-0.1, -0.05) is 24.4 Å². The van der Waals surface area contributed by atoms with Crippen LogP contribution in [0.5, 0.6) is 5.75 Å². The Hall–Kier alpha value is -3.03. The van der Waals surface area contributed by atoms with Crippen LogP contribution in [0.1, 0.15) is 86.5 Å². The van der Waals surface area contributed by atoms with E-state index >= 15 is 0 Å². The van der Waals surface area contributed by atoms with Gasteiger partial charge in [-0.3, -0.25) is 0 Å². The number of hydrogen-bond acceptors (Lipinski definition) is 8. The van der Waals surface area contributed by atoms with Crippen molar-refractivity contribution in [1.29, 1.82) is 0 Å². The highest BCUT2D eigenvalue weighted by molar-refractivity contribution is 5.59. The van der Waals surface area contributed by atoms with Gasteiger partial charge in [0.25, 0.3) is 0 Å². The molecule has 0 aliphatic heterocycles. The fourth-order valence-corrected chi connectivity index (χ4v) is 4.90. The third kappa shape index (κ3) is 4.99. The highest BCUT2D eigenvalue weighted by atomic mass is 16.5. The van der Waals surface area contributed by atoms with Gasteiger partial charge in [-0.15, -0.1) is 0 Å². The summed E-state index contributed by atoms with van der Waals surface area (Å²) in [5, 5.41) is 7.52. The average molecular weight is 449 g/mol.